The number of hydrogen-bond donors (Lipinski definition) is 2. The molecule has 2 amide bonds. The maximum Gasteiger partial charge on any atom is 0.264 e. The van der Waals surface area contributed by atoms with Gasteiger partial charge in [0.1, 0.15) is 0 Å². The van der Waals surface area contributed by atoms with Crippen LogP contribution in [0.25, 0.3) is 0 Å². The molecule has 6 nitrogen and oxygen atoms in total. The lowest BCUT2D eigenvalue weighted by Crippen LogP contribution is -2.32. The van der Waals surface area contributed by atoms with E-state index in [0.29, 0.717) is 18.5 Å². The van der Waals surface area contributed by atoms with Crippen LogP contribution < -0.4 is 10.0 Å². The largest absolute Gasteiger partial charge is 0.356 e. The lowest BCUT2D eigenvalue weighted by molar-refractivity contribution is -0.123. The molecule has 1 aliphatic rings. The Labute approximate surface area is 130 Å². The molecule has 0 radical (unpaired) electrons. The van der Waals surface area contributed by atoms with E-state index < -0.39 is 15.9 Å². The van der Waals surface area contributed by atoms with Crippen molar-refractivity contribution in [2.24, 2.45) is 5.92 Å². The minimum absolute atomic E-state index is 0.0212. The van der Waals surface area contributed by atoms with Crippen LogP contribution in [0.2, 0.25) is 0 Å². The molecule has 0 aliphatic heterocycles. The number of benzene rings is 1. The molecule has 1 aromatic rings. The van der Waals surface area contributed by atoms with E-state index >= 15 is 0 Å². The van der Waals surface area contributed by atoms with Gasteiger partial charge in [-0.1, -0.05) is 18.2 Å². The van der Waals surface area contributed by atoms with Crippen LogP contribution in [0.15, 0.2) is 29.2 Å². The number of rotatable bonds is 7. The zero-order valence-electron chi connectivity index (χ0n) is 12.5. The zero-order valence-corrected chi connectivity index (χ0v) is 13.3. The Morgan fingerprint density at radius 2 is 1.91 bits per heavy atom. The molecule has 0 spiro atoms. The topological polar surface area (TPSA) is 92.3 Å². The number of amides is 2. The Morgan fingerprint density at radius 3 is 2.55 bits per heavy atom. The Morgan fingerprint density at radius 1 is 1.23 bits per heavy atom. The van der Waals surface area contributed by atoms with Gasteiger partial charge in [-0.25, -0.2) is 13.1 Å². The van der Waals surface area contributed by atoms with Crippen LogP contribution in [0.5, 0.6) is 0 Å². The lowest BCUT2D eigenvalue weighted by atomic mass is 10.2. The van der Waals surface area contributed by atoms with Gasteiger partial charge < -0.3 is 5.32 Å². The number of carbonyl (C=O) groups excluding carboxylic acids is 2. The van der Waals surface area contributed by atoms with Gasteiger partial charge in [0.2, 0.25) is 11.8 Å². The quantitative estimate of drug-likeness (QED) is 0.735. The van der Waals surface area contributed by atoms with E-state index in [-0.39, 0.29) is 23.1 Å². The molecule has 0 atom stereocenters. The summed E-state index contributed by atoms with van der Waals surface area (Å²) < 4.78 is 26.3. The number of nitrogens with one attached hydrogen (secondary N) is 2. The van der Waals surface area contributed by atoms with Gasteiger partial charge in [-0.2, -0.15) is 0 Å². The smallest absolute Gasteiger partial charge is 0.264 e. The summed E-state index contributed by atoms with van der Waals surface area (Å²) >= 11 is 0. The van der Waals surface area contributed by atoms with Gasteiger partial charge in [0.15, 0.2) is 0 Å². The molecular weight excluding hydrogens is 304 g/mol. The molecule has 0 aromatic heterocycles. The molecule has 0 bridgehead atoms. The molecule has 2 rings (SSSR count). The van der Waals surface area contributed by atoms with Crippen LogP contribution in [0.1, 0.15) is 31.2 Å². The van der Waals surface area contributed by atoms with E-state index in [2.05, 4.69) is 10.0 Å². The van der Waals surface area contributed by atoms with E-state index in [9.17, 15) is 18.0 Å². The van der Waals surface area contributed by atoms with E-state index in [1.54, 1.807) is 25.1 Å². The van der Waals surface area contributed by atoms with Crippen LogP contribution in [0.4, 0.5) is 0 Å². The number of hydrogen-bond acceptors (Lipinski definition) is 4. The SMILES string of the molecule is Cc1ccccc1S(=O)(=O)NC(=O)CCCNC(=O)C1CC1. The third-order valence-corrected chi connectivity index (χ3v) is 4.99. The molecule has 2 N–H and O–H groups in total. The van der Waals surface area contributed by atoms with Crippen LogP contribution in [-0.4, -0.2) is 26.8 Å². The average Bonchev–Trinajstić information content (AvgIpc) is 3.27. The summed E-state index contributed by atoms with van der Waals surface area (Å²) in [6, 6.07) is 6.48. The molecule has 7 heteroatoms. The minimum atomic E-state index is -3.83. The summed E-state index contributed by atoms with van der Waals surface area (Å²) in [6.45, 7) is 2.06. The van der Waals surface area contributed by atoms with E-state index in [1.165, 1.54) is 6.07 Å². The molecule has 1 aromatic carbocycles. The predicted molar refractivity (Wildman–Crippen MR) is 81.5 cm³/mol. The average molecular weight is 324 g/mol. The van der Waals surface area contributed by atoms with Gasteiger partial charge in [0.25, 0.3) is 10.0 Å². The third kappa shape index (κ3) is 4.56. The normalized spacial score (nSPS) is 14.4. The van der Waals surface area contributed by atoms with Crippen molar-refractivity contribution in [2.45, 2.75) is 37.5 Å². The van der Waals surface area contributed by atoms with E-state index in [1.807, 2.05) is 0 Å². The fourth-order valence-electron chi connectivity index (χ4n) is 2.06. The van der Waals surface area contributed by atoms with Crippen molar-refractivity contribution >= 4 is 21.8 Å². The van der Waals surface area contributed by atoms with Gasteiger partial charge in [-0.15, -0.1) is 0 Å². The third-order valence-electron chi connectivity index (χ3n) is 3.46. The van der Waals surface area contributed by atoms with E-state index in [4.69, 9.17) is 0 Å². The second-order valence-electron chi connectivity index (χ2n) is 5.46. The first-order valence-corrected chi connectivity index (χ1v) is 8.77. The first kappa shape index (κ1) is 16.5. The highest BCUT2D eigenvalue weighted by atomic mass is 32.2. The van der Waals surface area contributed by atoms with Crippen molar-refractivity contribution in [3.05, 3.63) is 29.8 Å². The van der Waals surface area contributed by atoms with Crippen LogP contribution >= 0.6 is 0 Å². The van der Waals surface area contributed by atoms with Gasteiger partial charge in [0, 0.05) is 18.9 Å². The zero-order chi connectivity index (χ0) is 16.2. The van der Waals surface area contributed by atoms with Gasteiger partial charge in [0.05, 0.1) is 4.90 Å². The Kier molecular flexibility index (Phi) is 5.18. The second kappa shape index (κ2) is 6.91. The summed E-state index contributed by atoms with van der Waals surface area (Å²) in [5.41, 5.74) is 0.583. The van der Waals surface area contributed by atoms with Crippen molar-refractivity contribution in [3.63, 3.8) is 0 Å². The number of sulfonamides is 1. The number of carbonyl (C=O) groups is 2. The fourth-order valence-corrected chi connectivity index (χ4v) is 3.33. The standard InChI is InChI=1S/C15H20N2O4S/c1-11-5-2-3-6-13(11)22(20,21)17-14(18)7-4-10-16-15(19)12-8-9-12/h2-3,5-6,12H,4,7-10H2,1H3,(H,16,19)(H,17,18). The molecule has 0 heterocycles. The summed E-state index contributed by atoms with van der Waals surface area (Å²) in [5.74, 6) is -0.410. The van der Waals surface area contributed by atoms with Gasteiger partial charge in [-0.05, 0) is 37.8 Å². The van der Waals surface area contributed by atoms with Crippen molar-refractivity contribution < 1.29 is 18.0 Å². The highest BCUT2D eigenvalue weighted by Gasteiger charge is 2.29. The fraction of sp³-hybridized carbons (Fsp3) is 0.467. The Bertz CT molecular complexity index is 666. The summed E-state index contributed by atoms with van der Waals surface area (Å²) in [5, 5.41) is 2.74. The van der Waals surface area contributed by atoms with Crippen LogP contribution in [-0.2, 0) is 19.6 Å². The summed E-state index contributed by atoms with van der Waals surface area (Å²) in [4.78, 5) is 23.2. The molecule has 1 saturated carbocycles. The summed E-state index contributed by atoms with van der Waals surface area (Å²) in [6.07, 6.45) is 2.33. The molecule has 0 saturated heterocycles. The first-order chi connectivity index (χ1) is 10.4. The highest BCUT2D eigenvalue weighted by Crippen LogP contribution is 2.28. The van der Waals surface area contributed by atoms with Crippen molar-refractivity contribution in [1.29, 1.82) is 0 Å². The Hall–Kier alpha value is -1.89. The minimum Gasteiger partial charge on any atom is -0.356 e. The first-order valence-electron chi connectivity index (χ1n) is 7.29. The number of aryl methyl sites for hydroxylation is 1. The maximum absolute atomic E-state index is 12.1. The molecule has 0 unspecified atom stereocenters. The molecule has 120 valence electrons. The van der Waals surface area contributed by atoms with Crippen molar-refractivity contribution in [1.82, 2.24) is 10.0 Å². The van der Waals surface area contributed by atoms with Gasteiger partial charge in [-0.3, -0.25) is 9.59 Å². The molecule has 1 fully saturated rings. The maximum atomic E-state index is 12.1. The van der Waals surface area contributed by atoms with Gasteiger partial charge >= 0.3 is 0 Å². The predicted octanol–water partition coefficient (Wildman–Crippen LogP) is 1.11. The van der Waals surface area contributed by atoms with E-state index in [0.717, 1.165) is 12.8 Å². The summed E-state index contributed by atoms with van der Waals surface area (Å²) in [7, 11) is -3.83. The Balaban J connectivity index is 1.78. The van der Waals surface area contributed by atoms with Crippen LogP contribution in [0, 0.1) is 12.8 Å². The van der Waals surface area contributed by atoms with Crippen molar-refractivity contribution in [2.75, 3.05) is 6.54 Å². The second-order valence-corrected chi connectivity index (χ2v) is 7.11. The lowest BCUT2D eigenvalue weighted by Gasteiger charge is -2.09. The molecule has 22 heavy (non-hydrogen) atoms. The van der Waals surface area contributed by atoms with Crippen molar-refractivity contribution in [3.8, 4) is 0 Å². The molecule has 1 aliphatic carbocycles. The highest BCUT2D eigenvalue weighted by molar-refractivity contribution is 7.90. The molecular formula is C15H20N2O4S. The van der Waals surface area contributed by atoms with Crippen LogP contribution in [0.3, 0.4) is 0 Å². The monoisotopic (exact) mass is 324 g/mol.